The van der Waals surface area contributed by atoms with Gasteiger partial charge in [-0.05, 0) is 81.3 Å². The van der Waals surface area contributed by atoms with Gasteiger partial charge >= 0.3 is 0 Å². The van der Waals surface area contributed by atoms with E-state index in [0.717, 1.165) is 30.0 Å². The Hall–Kier alpha value is -1.55. The van der Waals surface area contributed by atoms with E-state index < -0.39 is 0 Å². The summed E-state index contributed by atoms with van der Waals surface area (Å²) in [7, 11) is 1.72. The fraction of sp³-hybridized carbons (Fsp3) is 0.696. The van der Waals surface area contributed by atoms with E-state index in [9.17, 15) is 0 Å². The number of hydrogen-bond acceptors (Lipinski definition) is 3. The Labute approximate surface area is 163 Å². The van der Waals surface area contributed by atoms with Gasteiger partial charge in [-0.15, -0.1) is 0 Å². The lowest BCUT2D eigenvalue weighted by atomic mass is 9.80. The van der Waals surface area contributed by atoms with Crippen molar-refractivity contribution in [1.29, 1.82) is 0 Å². The minimum absolute atomic E-state index is 0.751. The first-order valence-electron chi connectivity index (χ1n) is 10.9. The first-order valence-corrected chi connectivity index (χ1v) is 10.9. The maximum atomic E-state index is 5.32. The summed E-state index contributed by atoms with van der Waals surface area (Å²) in [4.78, 5) is 2.71. The summed E-state index contributed by atoms with van der Waals surface area (Å²) in [6, 6.07) is 6.25. The molecule has 4 rings (SSSR count). The van der Waals surface area contributed by atoms with Gasteiger partial charge in [0.2, 0.25) is 0 Å². The molecular formula is C23H35N3O. The van der Waals surface area contributed by atoms with Crippen LogP contribution in [0.5, 0.6) is 5.75 Å². The second-order valence-corrected chi connectivity index (χ2v) is 8.96. The van der Waals surface area contributed by atoms with E-state index in [1.165, 1.54) is 75.5 Å². The smallest absolute Gasteiger partial charge is 0.119 e. The number of fused-ring (bicyclic) bond motifs is 1. The molecule has 27 heavy (non-hydrogen) atoms. The lowest BCUT2D eigenvalue weighted by Gasteiger charge is -2.34. The van der Waals surface area contributed by atoms with Gasteiger partial charge in [-0.1, -0.05) is 26.2 Å². The van der Waals surface area contributed by atoms with E-state index in [-0.39, 0.29) is 0 Å². The molecule has 2 heterocycles. The van der Waals surface area contributed by atoms with Crippen LogP contribution in [0, 0.1) is 17.8 Å². The molecule has 1 aliphatic carbocycles. The molecule has 0 radical (unpaired) electrons. The van der Waals surface area contributed by atoms with Gasteiger partial charge in [-0.3, -0.25) is 4.68 Å². The highest BCUT2D eigenvalue weighted by Gasteiger charge is 2.23. The largest absolute Gasteiger partial charge is 0.497 e. The zero-order valence-corrected chi connectivity index (χ0v) is 17.1. The standard InChI is InChI=1S/C23H35N3O/c1-18-4-3-5-19(14-18)8-11-25-12-9-20(10-13-25)17-26-23-7-6-22(27-2)15-21(23)16-24-26/h6-7,15-16,18-20H,3-5,8-14,17H2,1-2H3. The number of methoxy groups -OCH3 is 1. The van der Waals surface area contributed by atoms with Crippen molar-refractivity contribution in [3.05, 3.63) is 24.4 Å². The fourth-order valence-corrected chi connectivity index (χ4v) is 5.16. The van der Waals surface area contributed by atoms with Gasteiger partial charge in [0.15, 0.2) is 0 Å². The lowest BCUT2D eigenvalue weighted by Crippen LogP contribution is -2.36. The predicted molar refractivity (Wildman–Crippen MR) is 111 cm³/mol. The lowest BCUT2D eigenvalue weighted by molar-refractivity contribution is 0.152. The quantitative estimate of drug-likeness (QED) is 0.720. The third-order valence-electron chi connectivity index (χ3n) is 6.89. The predicted octanol–water partition coefficient (Wildman–Crippen LogP) is 4.97. The number of piperidine rings is 1. The number of aromatic nitrogens is 2. The molecule has 2 atom stereocenters. The highest BCUT2D eigenvalue weighted by atomic mass is 16.5. The molecule has 2 aliphatic rings. The van der Waals surface area contributed by atoms with Crippen molar-refractivity contribution in [2.24, 2.45) is 17.8 Å². The number of ether oxygens (including phenoxy) is 1. The van der Waals surface area contributed by atoms with Crippen molar-refractivity contribution >= 4 is 10.9 Å². The zero-order valence-electron chi connectivity index (χ0n) is 17.1. The average Bonchev–Trinajstić information content (AvgIpc) is 3.09. The van der Waals surface area contributed by atoms with Crippen molar-refractivity contribution in [2.75, 3.05) is 26.7 Å². The molecule has 0 spiro atoms. The van der Waals surface area contributed by atoms with Gasteiger partial charge in [0.05, 0.1) is 18.8 Å². The van der Waals surface area contributed by atoms with E-state index in [2.05, 4.69) is 33.7 Å². The van der Waals surface area contributed by atoms with E-state index in [0.29, 0.717) is 0 Å². The Kier molecular flexibility index (Phi) is 6.01. The number of likely N-dealkylation sites (tertiary alicyclic amines) is 1. The first-order chi connectivity index (χ1) is 13.2. The van der Waals surface area contributed by atoms with E-state index >= 15 is 0 Å². The Morgan fingerprint density at radius 3 is 2.74 bits per heavy atom. The first kappa shape index (κ1) is 18.8. The van der Waals surface area contributed by atoms with Crippen molar-refractivity contribution in [3.63, 3.8) is 0 Å². The SMILES string of the molecule is COc1ccc2c(cnn2CC2CCN(CCC3CCCC(C)C3)CC2)c1. The highest BCUT2D eigenvalue weighted by Crippen LogP contribution is 2.31. The van der Waals surface area contributed by atoms with Crippen LogP contribution in [0.25, 0.3) is 10.9 Å². The third kappa shape index (κ3) is 4.66. The Morgan fingerprint density at radius 1 is 1.11 bits per heavy atom. The summed E-state index contributed by atoms with van der Waals surface area (Å²) in [5.41, 5.74) is 1.23. The molecule has 2 unspecified atom stereocenters. The van der Waals surface area contributed by atoms with Gasteiger partial charge in [0, 0.05) is 11.9 Å². The molecule has 0 amide bonds. The van der Waals surface area contributed by atoms with Crippen LogP contribution in [0.2, 0.25) is 0 Å². The highest BCUT2D eigenvalue weighted by molar-refractivity contribution is 5.80. The maximum Gasteiger partial charge on any atom is 0.119 e. The van der Waals surface area contributed by atoms with Gasteiger partial charge in [-0.2, -0.15) is 5.10 Å². The average molecular weight is 370 g/mol. The van der Waals surface area contributed by atoms with Crippen LogP contribution in [0.3, 0.4) is 0 Å². The van der Waals surface area contributed by atoms with E-state index in [1.807, 2.05) is 12.3 Å². The zero-order chi connectivity index (χ0) is 18.6. The van der Waals surface area contributed by atoms with Crippen LogP contribution >= 0.6 is 0 Å². The van der Waals surface area contributed by atoms with Gasteiger partial charge < -0.3 is 9.64 Å². The number of hydrogen-bond donors (Lipinski definition) is 0. The van der Waals surface area contributed by atoms with Gasteiger partial charge in [0.25, 0.3) is 0 Å². The van der Waals surface area contributed by atoms with Crippen LogP contribution in [0.15, 0.2) is 24.4 Å². The summed E-state index contributed by atoms with van der Waals surface area (Å²) >= 11 is 0. The molecule has 148 valence electrons. The summed E-state index contributed by atoms with van der Waals surface area (Å²) in [6.07, 6.45) is 11.8. The van der Waals surface area contributed by atoms with Crippen molar-refractivity contribution < 1.29 is 4.74 Å². The van der Waals surface area contributed by atoms with E-state index in [1.54, 1.807) is 7.11 Å². The summed E-state index contributed by atoms with van der Waals surface area (Å²) in [5.74, 6) is 3.60. The Morgan fingerprint density at radius 2 is 1.96 bits per heavy atom. The molecule has 2 fully saturated rings. The van der Waals surface area contributed by atoms with Crippen LogP contribution in [-0.4, -0.2) is 41.4 Å². The van der Waals surface area contributed by atoms with Gasteiger partial charge in [-0.25, -0.2) is 0 Å². The minimum Gasteiger partial charge on any atom is -0.497 e. The summed E-state index contributed by atoms with van der Waals surface area (Å²) < 4.78 is 7.52. The van der Waals surface area contributed by atoms with Crippen molar-refractivity contribution in [3.8, 4) is 5.75 Å². The molecule has 4 heteroatoms. The fourth-order valence-electron chi connectivity index (χ4n) is 5.16. The third-order valence-corrected chi connectivity index (χ3v) is 6.89. The van der Waals surface area contributed by atoms with Crippen LogP contribution in [0.1, 0.15) is 51.9 Å². The molecule has 1 saturated carbocycles. The molecular weight excluding hydrogens is 334 g/mol. The number of rotatable bonds is 6. The minimum atomic E-state index is 0.751. The second-order valence-electron chi connectivity index (χ2n) is 8.96. The van der Waals surface area contributed by atoms with Gasteiger partial charge in [0.1, 0.15) is 5.75 Å². The molecule has 1 aromatic heterocycles. The summed E-state index contributed by atoms with van der Waals surface area (Å²) in [5, 5.41) is 5.81. The molecule has 2 aromatic rings. The second kappa shape index (κ2) is 8.64. The van der Waals surface area contributed by atoms with Crippen LogP contribution in [-0.2, 0) is 6.54 Å². The molecule has 0 N–H and O–H groups in total. The number of nitrogens with zero attached hydrogens (tertiary/aromatic N) is 3. The van der Waals surface area contributed by atoms with Crippen molar-refractivity contribution in [2.45, 2.75) is 58.4 Å². The van der Waals surface area contributed by atoms with Crippen LogP contribution < -0.4 is 4.74 Å². The monoisotopic (exact) mass is 369 g/mol. The Bertz CT molecular complexity index is 732. The topological polar surface area (TPSA) is 30.3 Å². The Balaban J connectivity index is 1.25. The van der Waals surface area contributed by atoms with Crippen LogP contribution in [0.4, 0.5) is 0 Å². The molecule has 4 nitrogen and oxygen atoms in total. The molecule has 0 bridgehead atoms. The summed E-state index contributed by atoms with van der Waals surface area (Å²) in [6.45, 7) is 7.32. The number of benzene rings is 1. The molecule has 1 aliphatic heterocycles. The molecule has 1 aromatic carbocycles. The van der Waals surface area contributed by atoms with Crippen molar-refractivity contribution in [1.82, 2.24) is 14.7 Å². The van der Waals surface area contributed by atoms with E-state index in [4.69, 9.17) is 4.74 Å². The molecule has 1 saturated heterocycles. The normalized spacial score (nSPS) is 25.1. The maximum absolute atomic E-state index is 5.32.